The highest BCUT2D eigenvalue weighted by atomic mass is 32.1. The summed E-state index contributed by atoms with van der Waals surface area (Å²) in [6.45, 7) is 4.40. The average Bonchev–Trinajstić information content (AvgIpc) is 3.42. The number of aromatic nitrogens is 2. The fourth-order valence-electron chi connectivity index (χ4n) is 3.52. The normalized spacial score (nSPS) is 12.7. The van der Waals surface area contributed by atoms with Gasteiger partial charge in [0.05, 0.1) is 23.4 Å². The number of hydrogen-bond acceptors (Lipinski definition) is 8. The van der Waals surface area contributed by atoms with Crippen LogP contribution in [0.5, 0.6) is 5.75 Å². The summed E-state index contributed by atoms with van der Waals surface area (Å²) in [4.78, 5) is 37.6. The zero-order valence-electron chi connectivity index (χ0n) is 17.2. The van der Waals surface area contributed by atoms with E-state index in [2.05, 4.69) is 15.3 Å². The van der Waals surface area contributed by atoms with E-state index in [1.807, 2.05) is 42.6 Å². The molecule has 32 heavy (non-hydrogen) atoms. The quantitative estimate of drug-likeness (QED) is 0.377. The molecule has 0 atom stereocenters. The van der Waals surface area contributed by atoms with Crippen LogP contribution in [0, 0.1) is 6.92 Å². The number of thiophene rings is 2. The van der Waals surface area contributed by atoms with Crippen LogP contribution in [0.2, 0.25) is 0 Å². The number of hydrogen-bond donors (Lipinski definition) is 1. The largest absolute Gasteiger partial charge is 0.488 e. The Morgan fingerprint density at radius 3 is 2.88 bits per heavy atom. The van der Waals surface area contributed by atoms with Crippen molar-refractivity contribution in [3.8, 4) is 5.75 Å². The molecule has 162 valence electrons. The molecule has 0 unspecified atom stereocenters. The molecule has 0 bridgehead atoms. The van der Waals surface area contributed by atoms with E-state index in [4.69, 9.17) is 9.47 Å². The van der Waals surface area contributed by atoms with Crippen LogP contribution in [-0.2, 0) is 11.3 Å². The van der Waals surface area contributed by atoms with Gasteiger partial charge in [0.2, 0.25) is 0 Å². The highest BCUT2D eigenvalue weighted by Gasteiger charge is 2.34. The number of urea groups is 1. The van der Waals surface area contributed by atoms with Gasteiger partial charge in [-0.3, -0.25) is 0 Å². The molecule has 0 spiro atoms. The van der Waals surface area contributed by atoms with Crippen molar-refractivity contribution in [2.45, 2.75) is 20.5 Å². The molecule has 1 aromatic carbocycles. The van der Waals surface area contributed by atoms with Gasteiger partial charge in [-0.25, -0.2) is 24.5 Å². The van der Waals surface area contributed by atoms with Crippen molar-refractivity contribution in [1.29, 1.82) is 0 Å². The molecule has 10 heteroatoms. The maximum Gasteiger partial charge on any atom is 0.350 e. The molecule has 0 radical (unpaired) electrons. The SMILES string of the molecule is CCOC(=O)c1sc2ncnc3c2c1NC(=O)N3c1ccc(OCc2cccs2)c(C)c1. The summed E-state index contributed by atoms with van der Waals surface area (Å²) in [5, 5.41) is 5.46. The molecule has 0 fully saturated rings. The van der Waals surface area contributed by atoms with E-state index in [0.717, 1.165) is 16.2 Å². The van der Waals surface area contributed by atoms with Gasteiger partial charge in [0.15, 0.2) is 5.82 Å². The predicted octanol–water partition coefficient (Wildman–Crippen LogP) is 5.50. The van der Waals surface area contributed by atoms with E-state index >= 15 is 0 Å². The molecule has 4 heterocycles. The van der Waals surface area contributed by atoms with Crippen LogP contribution in [0.25, 0.3) is 10.2 Å². The summed E-state index contributed by atoms with van der Waals surface area (Å²) in [7, 11) is 0. The standard InChI is InChI=1S/C22H18N4O4S2/c1-3-29-21(27)18-17-16-19(23-11-24-20(16)32-18)26(22(28)25-17)13-6-7-15(12(2)9-13)30-10-14-5-4-8-31-14/h4-9,11H,3,10H2,1-2H3,(H,25,28). The van der Waals surface area contributed by atoms with E-state index < -0.39 is 12.0 Å². The number of benzene rings is 1. The lowest BCUT2D eigenvalue weighted by Gasteiger charge is -2.27. The summed E-state index contributed by atoms with van der Waals surface area (Å²) in [6, 6.07) is 9.14. The Balaban J connectivity index is 1.51. The second kappa shape index (κ2) is 8.21. The summed E-state index contributed by atoms with van der Waals surface area (Å²) in [5.41, 5.74) is 1.92. The van der Waals surface area contributed by atoms with Gasteiger partial charge in [0.25, 0.3) is 0 Å². The fraction of sp³-hybridized carbons (Fsp3) is 0.182. The summed E-state index contributed by atoms with van der Waals surface area (Å²) in [5.74, 6) is 0.675. The molecule has 3 aromatic heterocycles. The van der Waals surface area contributed by atoms with Crippen molar-refractivity contribution >= 4 is 62.1 Å². The number of aryl methyl sites for hydroxylation is 1. The van der Waals surface area contributed by atoms with E-state index in [0.29, 0.717) is 38.9 Å². The zero-order chi connectivity index (χ0) is 22.2. The van der Waals surface area contributed by atoms with Crippen LogP contribution < -0.4 is 15.0 Å². The van der Waals surface area contributed by atoms with Crippen molar-refractivity contribution in [2.75, 3.05) is 16.8 Å². The molecule has 0 saturated carbocycles. The second-order valence-electron chi connectivity index (χ2n) is 6.99. The van der Waals surface area contributed by atoms with Gasteiger partial charge in [0, 0.05) is 4.88 Å². The number of rotatable bonds is 6. The lowest BCUT2D eigenvalue weighted by Crippen LogP contribution is -2.35. The van der Waals surface area contributed by atoms with Gasteiger partial charge in [-0.2, -0.15) is 0 Å². The Kier molecular flexibility index (Phi) is 5.24. The van der Waals surface area contributed by atoms with Crippen LogP contribution in [0.3, 0.4) is 0 Å². The summed E-state index contributed by atoms with van der Waals surface area (Å²) >= 11 is 2.81. The van der Waals surface area contributed by atoms with Crippen LogP contribution in [0.15, 0.2) is 42.0 Å². The first-order valence-electron chi connectivity index (χ1n) is 9.88. The maximum atomic E-state index is 13.1. The van der Waals surface area contributed by atoms with Crippen molar-refractivity contribution < 1.29 is 19.1 Å². The van der Waals surface area contributed by atoms with Gasteiger partial charge in [-0.15, -0.1) is 22.7 Å². The van der Waals surface area contributed by atoms with E-state index in [-0.39, 0.29) is 6.61 Å². The molecule has 4 aromatic rings. The minimum Gasteiger partial charge on any atom is -0.488 e. The van der Waals surface area contributed by atoms with Crippen LogP contribution >= 0.6 is 22.7 Å². The molecule has 2 amide bonds. The molecule has 0 aliphatic carbocycles. The number of ether oxygens (including phenoxy) is 2. The molecular weight excluding hydrogens is 448 g/mol. The molecule has 1 N–H and O–H groups in total. The first-order valence-corrected chi connectivity index (χ1v) is 11.6. The first-order chi connectivity index (χ1) is 15.6. The maximum absolute atomic E-state index is 13.1. The number of esters is 1. The molecule has 1 aliphatic rings. The number of nitrogens with one attached hydrogen (secondary N) is 1. The Morgan fingerprint density at radius 1 is 1.25 bits per heavy atom. The highest BCUT2D eigenvalue weighted by Crippen LogP contribution is 2.45. The molecule has 8 nitrogen and oxygen atoms in total. The van der Waals surface area contributed by atoms with Crippen molar-refractivity contribution in [1.82, 2.24) is 9.97 Å². The van der Waals surface area contributed by atoms with Crippen molar-refractivity contribution in [3.63, 3.8) is 0 Å². The smallest absolute Gasteiger partial charge is 0.350 e. The zero-order valence-corrected chi connectivity index (χ0v) is 18.9. The predicted molar refractivity (Wildman–Crippen MR) is 124 cm³/mol. The first kappa shape index (κ1) is 20.4. The van der Waals surface area contributed by atoms with Crippen LogP contribution in [0.1, 0.15) is 27.0 Å². The molecule has 1 aliphatic heterocycles. The van der Waals surface area contributed by atoms with Crippen LogP contribution in [0.4, 0.5) is 22.0 Å². The second-order valence-corrected chi connectivity index (χ2v) is 9.02. The topological polar surface area (TPSA) is 93.7 Å². The number of carbonyl (C=O) groups is 2. The highest BCUT2D eigenvalue weighted by molar-refractivity contribution is 7.21. The lowest BCUT2D eigenvalue weighted by atomic mass is 10.1. The van der Waals surface area contributed by atoms with E-state index in [1.165, 1.54) is 22.6 Å². The molecular formula is C22H18N4O4S2. The third-order valence-corrected chi connectivity index (χ3v) is 6.87. The lowest BCUT2D eigenvalue weighted by molar-refractivity contribution is 0.0533. The van der Waals surface area contributed by atoms with Gasteiger partial charge in [0.1, 0.15) is 28.4 Å². The number of carbonyl (C=O) groups excluding carboxylic acids is 2. The third-order valence-electron chi connectivity index (χ3n) is 4.94. The van der Waals surface area contributed by atoms with Crippen molar-refractivity contribution in [2.24, 2.45) is 0 Å². The molecule has 5 rings (SSSR count). The molecule has 0 saturated heterocycles. The van der Waals surface area contributed by atoms with Gasteiger partial charge < -0.3 is 14.8 Å². The summed E-state index contributed by atoms with van der Waals surface area (Å²) in [6.07, 6.45) is 1.39. The van der Waals surface area contributed by atoms with E-state index in [9.17, 15) is 9.59 Å². The Labute approximate surface area is 191 Å². The number of amides is 2. The Hall–Kier alpha value is -3.50. The minimum atomic E-state index is -0.492. The number of anilines is 3. The van der Waals surface area contributed by atoms with Crippen molar-refractivity contribution in [3.05, 3.63) is 57.4 Å². The summed E-state index contributed by atoms with van der Waals surface area (Å²) < 4.78 is 11.1. The monoisotopic (exact) mass is 466 g/mol. The van der Waals surface area contributed by atoms with E-state index in [1.54, 1.807) is 18.3 Å². The average molecular weight is 467 g/mol. The fourth-order valence-corrected chi connectivity index (χ4v) is 5.13. The minimum absolute atomic E-state index is 0.241. The van der Waals surface area contributed by atoms with Crippen LogP contribution in [-0.4, -0.2) is 28.6 Å². The van der Waals surface area contributed by atoms with Gasteiger partial charge in [-0.05, 0) is 49.1 Å². The van der Waals surface area contributed by atoms with Gasteiger partial charge in [-0.1, -0.05) is 6.07 Å². The Morgan fingerprint density at radius 2 is 2.12 bits per heavy atom. The number of nitrogens with zero attached hydrogens (tertiary/aromatic N) is 3. The third kappa shape index (κ3) is 3.47. The Bertz CT molecular complexity index is 1330. The van der Waals surface area contributed by atoms with Gasteiger partial charge >= 0.3 is 12.0 Å².